The Labute approximate surface area is 201 Å². The van der Waals surface area contributed by atoms with Crippen LogP contribution in [-0.4, -0.2) is 60.1 Å². The second kappa shape index (κ2) is 13.2. The highest BCUT2D eigenvalue weighted by Gasteiger charge is 2.34. The van der Waals surface area contributed by atoms with Gasteiger partial charge in [0.1, 0.15) is 17.7 Å². The van der Waals surface area contributed by atoms with Crippen molar-refractivity contribution in [2.75, 3.05) is 19.7 Å². The van der Waals surface area contributed by atoms with Crippen LogP contribution in [0.25, 0.3) is 0 Å². The van der Waals surface area contributed by atoms with E-state index >= 15 is 0 Å². The van der Waals surface area contributed by atoms with Gasteiger partial charge < -0.3 is 25.0 Å². The predicted molar refractivity (Wildman–Crippen MR) is 128 cm³/mol. The van der Waals surface area contributed by atoms with E-state index in [4.69, 9.17) is 15.9 Å². The number of alkyl carbamates (subject to hydrolysis) is 1. The molecule has 9 heteroatoms. The maximum atomic E-state index is 13.3. The normalized spacial score (nSPS) is 12.5. The van der Waals surface area contributed by atoms with E-state index in [0.29, 0.717) is 11.1 Å². The second-order valence-corrected chi connectivity index (χ2v) is 8.47. The fraction of sp³-hybridized carbons (Fsp3) is 0.520. The van der Waals surface area contributed by atoms with Crippen molar-refractivity contribution < 1.29 is 28.7 Å². The zero-order chi connectivity index (χ0) is 25.9. The summed E-state index contributed by atoms with van der Waals surface area (Å²) < 4.78 is 10.1. The molecule has 0 aliphatic heterocycles. The summed E-state index contributed by atoms with van der Waals surface area (Å²) in [4.78, 5) is 51.7. The van der Waals surface area contributed by atoms with Crippen LogP contribution in [0.3, 0.4) is 0 Å². The van der Waals surface area contributed by atoms with Crippen molar-refractivity contribution >= 4 is 23.9 Å². The average Bonchev–Trinajstić information content (AvgIpc) is 2.75. The second-order valence-electron chi connectivity index (χ2n) is 8.47. The minimum Gasteiger partial charge on any atom is -0.466 e. The topological polar surface area (TPSA) is 114 Å². The molecule has 34 heavy (non-hydrogen) atoms. The van der Waals surface area contributed by atoms with Gasteiger partial charge in [0.05, 0.1) is 13.0 Å². The van der Waals surface area contributed by atoms with Crippen LogP contribution in [-0.2, 0) is 23.9 Å². The van der Waals surface area contributed by atoms with E-state index in [9.17, 15) is 19.2 Å². The van der Waals surface area contributed by atoms with E-state index in [1.165, 1.54) is 11.8 Å². The zero-order valence-corrected chi connectivity index (χ0v) is 20.8. The van der Waals surface area contributed by atoms with Gasteiger partial charge in [0.15, 0.2) is 0 Å². The number of rotatable bonds is 10. The first-order valence-corrected chi connectivity index (χ1v) is 11.2. The molecule has 0 aliphatic carbocycles. The first-order valence-electron chi connectivity index (χ1n) is 11.2. The molecule has 186 valence electrons. The molecule has 3 amide bonds. The Hall–Kier alpha value is -3.54. The van der Waals surface area contributed by atoms with Crippen molar-refractivity contribution in [1.29, 1.82) is 0 Å². The summed E-state index contributed by atoms with van der Waals surface area (Å²) in [7, 11) is 0. The lowest BCUT2D eigenvalue weighted by Crippen LogP contribution is -2.52. The number of ether oxygens (including phenoxy) is 2. The molecule has 0 radical (unpaired) electrons. The van der Waals surface area contributed by atoms with E-state index < -0.39 is 41.6 Å². The van der Waals surface area contributed by atoms with E-state index in [1.54, 1.807) is 58.9 Å². The molecule has 0 bridgehead atoms. The summed E-state index contributed by atoms with van der Waals surface area (Å²) >= 11 is 0. The van der Waals surface area contributed by atoms with Gasteiger partial charge >= 0.3 is 12.1 Å². The lowest BCUT2D eigenvalue weighted by Gasteiger charge is -2.33. The number of amides is 3. The van der Waals surface area contributed by atoms with E-state index in [0.717, 1.165) is 0 Å². The number of hydrogen-bond acceptors (Lipinski definition) is 6. The third-order valence-corrected chi connectivity index (χ3v) is 4.63. The van der Waals surface area contributed by atoms with Crippen LogP contribution in [0, 0.1) is 12.3 Å². The largest absolute Gasteiger partial charge is 0.466 e. The third-order valence-electron chi connectivity index (χ3n) is 4.63. The lowest BCUT2D eigenvalue weighted by molar-refractivity contribution is -0.144. The Morgan fingerprint density at radius 2 is 1.79 bits per heavy atom. The summed E-state index contributed by atoms with van der Waals surface area (Å²) in [6, 6.07) is 4.76. The van der Waals surface area contributed by atoms with Gasteiger partial charge in [-0.15, -0.1) is 6.42 Å². The van der Waals surface area contributed by atoms with Gasteiger partial charge in [-0.05, 0) is 53.2 Å². The molecule has 2 N–H and O–H groups in total. The minimum absolute atomic E-state index is 0.0141. The maximum absolute atomic E-state index is 13.3. The molecule has 0 aromatic heterocycles. The monoisotopic (exact) mass is 473 g/mol. The number of likely N-dealkylation sites (N-methyl/N-ethyl adjacent to an activating group) is 1. The Kier molecular flexibility index (Phi) is 11.1. The molecule has 2 atom stereocenters. The highest BCUT2D eigenvalue weighted by atomic mass is 16.6. The van der Waals surface area contributed by atoms with Crippen LogP contribution in [0.1, 0.15) is 65.1 Å². The molecule has 0 saturated carbocycles. The minimum atomic E-state index is -1.07. The van der Waals surface area contributed by atoms with Crippen LogP contribution < -0.4 is 10.6 Å². The predicted octanol–water partition coefficient (Wildman–Crippen LogP) is 2.54. The molecule has 0 saturated heterocycles. The molecule has 0 spiro atoms. The van der Waals surface area contributed by atoms with Crippen molar-refractivity contribution in [2.45, 2.75) is 65.6 Å². The van der Waals surface area contributed by atoms with Crippen molar-refractivity contribution in [3.05, 3.63) is 35.4 Å². The Morgan fingerprint density at radius 3 is 2.35 bits per heavy atom. The van der Waals surface area contributed by atoms with Crippen LogP contribution in [0.4, 0.5) is 4.79 Å². The molecule has 1 aromatic carbocycles. The van der Waals surface area contributed by atoms with Crippen LogP contribution in [0.15, 0.2) is 24.3 Å². The fourth-order valence-electron chi connectivity index (χ4n) is 3.20. The quantitative estimate of drug-likeness (QED) is 0.399. The molecule has 0 heterocycles. The summed E-state index contributed by atoms with van der Waals surface area (Å²) in [6.07, 6.45) is 4.88. The van der Waals surface area contributed by atoms with E-state index in [2.05, 4.69) is 16.6 Å². The summed E-state index contributed by atoms with van der Waals surface area (Å²) in [5.74, 6) is 1.10. The molecule has 9 nitrogen and oxygen atoms in total. The van der Waals surface area contributed by atoms with Crippen LogP contribution in [0.5, 0.6) is 0 Å². The van der Waals surface area contributed by atoms with Crippen molar-refractivity contribution in [2.24, 2.45) is 0 Å². The SMILES string of the molecule is C#Cc1ccccc1C(C(=O)NCCC(=O)OCC)N(CC)C(=O)C(C)NC(=O)OC(C)(C)C. The number of terminal acetylenes is 1. The fourth-order valence-corrected chi connectivity index (χ4v) is 3.20. The number of nitrogens with zero attached hydrogens (tertiary/aromatic N) is 1. The first-order chi connectivity index (χ1) is 15.9. The van der Waals surface area contributed by atoms with Gasteiger partial charge in [0.2, 0.25) is 11.8 Å². The van der Waals surface area contributed by atoms with Crippen molar-refractivity contribution in [3.63, 3.8) is 0 Å². The molecule has 1 aromatic rings. The summed E-state index contributed by atoms with van der Waals surface area (Å²) in [5.41, 5.74) is 0.176. The molecule has 1 rings (SSSR count). The molecular formula is C25H35N3O6. The lowest BCUT2D eigenvalue weighted by atomic mass is 9.97. The van der Waals surface area contributed by atoms with Gasteiger partial charge in [0.25, 0.3) is 0 Å². The van der Waals surface area contributed by atoms with Gasteiger partial charge in [-0.1, -0.05) is 24.1 Å². The number of esters is 1. The molecular weight excluding hydrogens is 438 g/mol. The van der Waals surface area contributed by atoms with E-state index in [-0.39, 0.29) is 26.1 Å². The Balaban J connectivity index is 3.18. The van der Waals surface area contributed by atoms with E-state index in [1.807, 2.05) is 0 Å². The number of nitrogens with one attached hydrogen (secondary N) is 2. The van der Waals surface area contributed by atoms with Crippen LogP contribution in [0.2, 0.25) is 0 Å². The van der Waals surface area contributed by atoms with Gasteiger partial charge in [-0.2, -0.15) is 0 Å². The maximum Gasteiger partial charge on any atom is 0.408 e. The molecule has 0 fully saturated rings. The smallest absolute Gasteiger partial charge is 0.408 e. The van der Waals surface area contributed by atoms with Gasteiger partial charge in [-0.25, -0.2) is 4.79 Å². The van der Waals surface area contributed by atoms with Crippen LogP contribution >= 0.6 is 0 Å². The molecule has 2 unspecified atom stereocenters. The Morgan fingerprint density at radius 1 is 1.15 bits per heavy atom. The summed E-state index contributed by atoms with van der Waals surface area (Å²) in [6.45, 7) is 10.5. The number of benzene rings is 1. The Bertz CT molecular complexity index is 916. The average molecular weight is 474 g/mol. The van der Waals surface area contributed by atoms with Gasteiger partial charge in [0, 0.05) is 18.7 Å². The number of carbonyl (C=O) groups is 4. The van der Waals surface area contributed by atoms with Crippen molar-refractivity contribution in [1.82, 2.24) is 15.5 Å². The first kappa shape index (κ1) is 28.5. The third kappa shape index (κ3) is 8.77. The summed E-state index contributed by atoms with van der Waals surface area (Å²) in [5, 5.41) is 5.20. The number of hydrogen-bond donors (Lipinski definition) is 2. The van der Waals surface area contributed by atoms with Crippen molar-refractivity contribution in [3.8, 4) is 12.3 Å². The highest BCUT2D eigenvalue weighted by Crippen LogP contribution is 2.25. The highest BCUT2D eigenvalue weighted by molar-refractivity contribution is 5.92. The zero-order valence-electron chi connectivity index (χ0n) is 20.8. The number of carbonyl (C=O) groups excluding carboxylic acids is 4. The van der Waals surface area contributed by atoms with Gasteiger partial charge in [-0.3, -0.25) is 14.4 Å². The standard InChI is InChI=1S/C25H35N3O6/c1-8-18-13-11-12-14-19(18)21(22(30)26-16-15-20(29)33-10-3)28(9-2)23(31)17(4)27-24(32)34-25(5,6)7/h1,11-14,17,21H,9-10,15-16H2,2-7H3,(H,26,30)(H,27,32). The molecule has 0 aliphatic rings.